The van der Waals surface area contributed by atoms with Crippen LogP contribution >= 0.6 is 11.8 Å². The molecule has 2 atom stereocenters. The van der Waals surface area contributed by atoms with Crippen LogP contribution in [-0.2, 0) is 11.3 Å². The van der Waals surface area contributed by atoms with Crippen molar-refractivity contribution in [2.24, 2.45) is 11.8 Å². The molecule has 0 bridgehead atoms. The zero-order chi connectivity index (χ0) is 16.5. The van der Waals surface area contributed by atoms with E-state index in [1.165, 1.54) is 5.56 Å². The standard InChI is InChI=1S/C18H29N3OS/c1-3-16-14-21(13-15-4-7-19-8-5-15)10-6-17(16)12-18(22)20-9-11-23-2/h4-5,7-8,16-17H,3,6,9-14H2,1-2H3,(H,20,22). The normalized spacial score (nSPS) is 22.0. The Labute approximate surface area is 144 Å². The van der Waals surface area contributed by atoms with Crippen molar-refractivity contribution in [2.75, 3.05) is 31.6 Å². The van der Waals surface area contributed by atoms with Crippen molar-refractivity contribution in [2.45, 2.75) is 32.7 Å². The van der Waals surface area contributed by atoms with Crippen LogP contribution in [0.1, 0.15) is 31.7 Å². The molecule has 0 spiro atoms. The topological polar surface area (TPSA) is 45.2 Å². The van der Waals surface area contributed by atoms with Gasteiger partial charge in [0.05, 0.1) is 0 Å². The zero-order valence-electron chi connectivity index (χ0n) is 14.3. The molecule has 0 aliphatic carbocycles. The molecule has 23 heavy (non-hydrogen) atoms. The van der Waals surface area contributed by atoms with Gasteiger partial charge in [0, 0.05) is 44.2 Å². The number of hydrogen-bond acceptors (Lipinski definition) is 4. The highest BCUT2D eigenvalue weighted by Gasteiger charge is 2.29. The number of pyridine rings is 1. The molecule has 1 saturated heterocycles. The van der Waals surface area contributed by atoms with Crippen molar-refractivity contribution in [3.8, 4) is 0 Å². The first-order valence-corrected chi connectivity index (χ1v) is 9.99. The van der Waals surface area contributed by atoms with E-state index in [0.717, 1.165) is 44.8 Å². The molecule has 1 aromatic rings. The highest BCUT2D eigenvalue weighted by atomic mass is 32.2. The van der Waals surface area contributed by atoms with Crippen LogP contribution in [-0.4, -0.2) is 47.4 Å². The Morgan fingerprint density at radius 2 is 2.17 bits per heavy atom. The third-order valence-electron chi connectivity index (χ3n) is 4.73. The van der Waals surface area contributed by atoms with E-state index in [1.807, 2.05) is 12.4 Å². The lowest BCUT2D eigenvalue weighted by atomic mass is 9.81. The van der Waals surface area contributed by atoms with E-state index in [1.54, 1.807) is 11.8 Å². The second kappa shape index (κ2) is 9.93. The Morgan fingerprint density at radius 3 is 2.87 bits per heavy atom. The lowest BCUT2D eigenvalue weighted by Gasteiger charge is -2.38. The number of nitrogens with zero attached hydrogens (tertiary/aromatic N) is 2. The fraction of sp³-hybridized carbons (Fsp3) is 0.667. The van der Waals surface area contributed by atoms with Crippen molar-refractivity contribution in [3.05, 3.63) is 30.1 Å². The lowest BCUT2D eigenvalue weighted by Crippen LogP contribution is -2.41. The highest BCUT2D eigenvalue weighted by Crippen LogP contribution is 2.29. The van der Waals surface area contributed by atoms with E-state index in [9.17, 15) is 4.79 Å². The second-order valence-corrected chi connectivity index (χ2v) is 7.34. The van der Waals surface area contributed by atoms with Crippen molar-refractivity contribution in [1.29, 1.82) is 0 Å². The van der Waals surface area contributed by atoms with Crippen LogP contribution in [0.15, 0.2) is 24.5 Å². The maximum absolute atomic E-state index is 12.1. The van der Waals surface area contributed by atoms with Crippen molar-refractivity contribution < 1.29 is 4.79 Å². The molecule has 0 saturated carbocycles. The first-order chi connectivity index (χ1) is 11.2. The average Bonchev–Trinajstić information content (AvgIpc) is 2.57. The molecular weight excluding hydrogens is 306 g/mol. The van der Waals surface area contributed by atoms with Gasteiger partial charge in [0.2, 0.25) is 5.91 Å². The summed E-state index contributed by atoms with van der Waals surface area (Å²) in [6.45, 7) is 6.21. The average molecular weight is 336 g/mol. The number of piperidine rings is 1. The fourth-order valence-corrected chi connectivity index (χ4v) is 3.69. The van der Waals surface area contributed by atoms with Gasteiger partial charge >= 0.3 is 0 Å². The van der Waals surface area contributed by atoms with E-state index >= 15 is 0 Å². The van der Waals surface area contributed by atoms with Gasteiger partial charge in [-0.2, -0.15) is 11.8 Å². The molecule has 1 aliphatic heterocycles. The summed E-state index contributed by atoms with van der Waals surface area (Å²) in [5, 5.41) is 3.05. The molecular formula is C18H29N3OS. The molecule has 1 aromatic heterocycles. The Morgan fingerprint density at radius 1 is 1.39 bits per heavy atom. The number of carbonyl (C=O) groups is 1. The minimum Gasteiger partial charge on any atom is -0.355 e. The molecule has 1 fully saturated rings. The largest absolute Gasteiger partial charge is 0.355 e. The van der Waals surface area contributed by atoms with Crippen LogP contribution in [0.25, 0.3) is 0 Å². The van der Waals surface area contributed by atoms with Gasteiger partial charge in [0.25, 0.3) is 0 Å². The van der Waals surface area contributed by atoms with E-state index < -0.39 is 0 Å². The molecule has 2 rings (SSSR count). The smallest absolute Gasteiger partial charge is 0.220 e. The molecule has 1 aliphatic rings. The van der Waals surface area contributed by atoms with Gasteiger partial charge in [-0.1, -0.05) is 13.3 Å². The molecule has 1 N–H and O–H groups in total. The summed E-state index contributed by atoms with van der Waals surface area (Å²) in [5.41, 5.74) is 1.32. The van der Waals surface area contributed by atoms with Gasteiger partial charge in [-0.3, -0.25) is 14.7 Å². The second-order valence-electron chi connectivity index (χ2n) is 6.35. The minimum atomic E-state index is 0.227. The molecule has 2 unspecified atom stereocenters. The Kier molecular flexibility index (Phi) is 7.89. The quantitative estimate of drug-likeness (QED) is 0.742. The molecule has 128 valence electrons. The number of amides is 1. The lowest BCUT2D eigenvalue weighted by molar-refractivity contribution is -0.122. The maximum Gasteiger partial charge on any atom is 0.220 e. The van der Waals surface area contributed by atoms with E-state index in [-0.39, 0.29) is 5.91 Å². The molecule has 4 nitrogen and oxygen atoms in total. The summed E-state index contributed by atoms with van der Waals surface area (Å²) < 4.78 is 0. The number of rotatable bonds is 8. The Bertz CT molecular complexity index is 469. The minimum absolute atomic E-state index is 0.227. The summed E-state index contributed by atoms with van der Waals surface area (Å²) >= 11 is 1.77. The third kappa shape index (κ3) is 6.15. The van der Waals surface area contributed by atoms with Crippen LogP contribution < -0.4 is 5.32 Å². The predicted molar refractivity (Wildman–Crippen MR) is 97.4 cm³/mol. The van der Waals surface area contributed by atoms with E-state index in [0.29, 0.717) is 18.3 Å². The van der Waals surface area contributed by atoms with Gasteiger partial charge < -0.3 is 5.32 Å². The summed E-state index contributed by atoms with van der Waals surface area (Å²) in [4.78, 5) is 18.7. The van der Waals surface area contributed by atoms with E-state index in [2.05, 4.69) is 40.5 Å². The highest BCUT2D eigenvalue weighted by molar-refractivity contribution is 7.98. The maximum atomic E-state index is 12.1. The number of carbonyl (C=O) groups excluding carboxylic acids is 1. The Hall–Kier alpha value is -1.07. The predicted octanol–water partition coefficient (Wildman–Crippen LogP) is 2.80. The van der Waals surface area contributed by atoms with Gasteiger partial charge in [0.1, 0.15) is 0 Å². The molecule has 0 aromatic carbocycles. The van der Waals surface area contributed by atoms with Gasteiger partial charge in [0.15, 0.2) is 0 Å². The van der Waals surface area contributed by atoms with Crippen molar-refractivity contribution in [3.63, 3.8) is 0 Å². The molecule has 0 radical (unpaired) electrons. The van der Waals surface area contributed by atoms with Gasteiger partial charge in [-0.25, -0.2) is 0 Å². The van der Waals surface area contributed by atoms with E-state index in [4.69, 9.17) is 0 Å². The van der Waals surface area contributed by atoms with Crippen LogP contribution in [0.3, 0.4) is 0 Å². The fourth-order valence-electron chi connectivity index (χ4n) is 3.38. The molecule has 1 amide bonds. The summed E-state index contributed by atoms with van der Waals surface area (Å²) in [7, 11) is 0. The van der Waals surface area contributed by atoms with Crippen LogP contribution in [0.5, 0.6) is 0 Å². The van der Waals surface area contributed by atoms with Gasteiger partial charge in [-0.05, 0) is 48.8 Å². The number of nitrogens with one attached hydrogen (secondary N) is 1. The number of likely N-dealkylation sites (tertiary alicyclic amines) is 1. The third-order valence-corrected chi connectivity index (χ3v) is 5.34. The number of hydrogen-bond donors (Lipinski definition) is 1. The van der Waals surface area contributed by atoms with Gasteiger partial charge in [-0.15, -0.1) is 0 Å². The van der Waals surface area contributed by atoms with Crippen LogP contribution in [0.2, 0.25) is 0 Å². The van der Waals surface area contributed by atoms with Crippen molar-refractivity contribution in [1.82, 2.24) is 15.2 Å². The number of aromatic nitrogens is 1. The first-order valence-electron chi connectivity index (χ1n) is 8.59. The van der Waals surface area contributed by atoms with Crippen LogP contribution in [0.4, 0.5) is 0 Å². The zero-order valence-corrected chi connectivity index (χ0v) is 15.1. The first kappa shape index (κ1) is 18.3. The summed E-state index contributed by atoms with van der Waals surface area (Å²) in [6.07, 6.45) is 8.75. The number of thioether (sulfide) groups is 1. The summed E-state index contributed by atoms with van der Waals surface area (Å²) in [6, 6.07) is 4.18. The monoisotopic (exact) mass is 335 g/mol. The SMILES string of the molecule is CCC1CN(Cc2ccncc2)CCC1CC(=O)NCCSC. The summed E-state index contributed by atoms with van der Waals surface area (Å²) in [5.74, 6) is 2.37. The Balaban J connectivity index is 1.80. The van der Waals surface area contributed by atoms with Crippen LogP contribution in [0, 0.1) is 11.8 Å². The molecule has 2 heterocycles. The van der Waals surface area contributed by atoms with Crippen molar-refractivity contribution >= 4 is 17.7 Å². The molecule has 5 heteroatoms.